The quantitative estimate of drug-likeness (QED) is 0.873. The molecule has 0 aliphatic carbocycles. The number of aryl methyl sites for hydroxylation is 2. The summed E-state index contributed by atoms with van der Waals surface area (Å²) in [5, 5.41) is 9.03. The molecule has 0 spiro atoms. The Labute approximate surface area is 147 Å². The van der Waals surface area contributed by atoms with E-state index in [1.165, 1.54) is 11.8 Å². The molecule has 1 aromatic heterocycles. The lowest BCUT2D eigenvalue weighted by Crippen LogP contribution is -2.36. The Kier molecular flexibility index (Phi) is 5.22. The molecule has 1 aromatic carbocycles. The van der Waals surface area contributed by atoms with E-state index >= 15 is 0 Å². The fourth-order valence-electron chi connectivity index (χ4n) is 3.58. The molecule has 1 saturated heterocycles. The number of furan rings is 1. The van der Waals surface area contributed by atoms with Crippen LogP contribution in [0.15, 0.2) is 41.0 Å². The van der Waals surface area contributed by atoms with Gasteiger partial charge in [0.15, 0.2) is 0 Å². The van der Waals surface area contributed by atoms with Crippen LogP contribution in [0.2, 0.25) is 0 Å². The van der Waals surface area contributed by atoms with Crippen molar-refractivity contribution in [1.82, 2.24) is 4.90 Å². The summed E-state index contributed by atoms with van der Waals surface area (Å²) >= 11 is 0. The van der Waals surface area contributed by atoms with Crippen molar-refractivity contribution in [2.45, 2.75) is 45.1 Å². The topological polar surface area (TPSA) is 70.7 Å². The maximum Gasteiger partial charge on any atom is 0.311 e. The third-order valence-corrected chi connectivity index (χ3v) is 4.82. The van der Waals surface area contributed by atoms with Crippen LogP contribution in [0.5, 0.6) is 0 Å². The zero-order chi connectivity index (χ0) is 17.8. The first-order valence-electron chi connectivity index (χ1n) is 8.70. The van der Waals surface area contributed by atoms with E-state index in [2.05, 4.69) is 12.1 Å². The Morgan fingerprint density at radius 2 is 2.04 bits per heavy atom. The average molecular weight is 341 g/mol. The molecular weight excluding hydrogens is 318 g/mol. The summed E-state index contributed by atoms with van der Waals surface area (Å²) in [6.45, 7) is 2.51. The number of carbonyl (C=O) groups excluding carboxylic acids is 1. The zero-order valence-corrected chi connectivity index (χ0v) is 14.4. The predicted molar refractivity (Wildman–Crippen MR) is 93.6 cm³/mol. The van der Waals surface area contributed by atoms with Gasteiger partial charge in [-0.15, -0.1) is 0 Å². The Morgan fingerprint density at radius 3 is 2.76 bits per heavy atom. The summed E-state index contributed by atoms with van der Waals surface area (Å²) < 4.78 is 5.32. The summed E-state index contributed by atoms with van der Waals surface area (Å²) in [5.41, 5.74) is 2.40. The molecule has 132 valence electrons. The van der Waals surface area contributed by atoms with Crippen molar-refractivity contribution >= 4 is 11.9 Å². The lowest BCUT2D eigenvalue weighted by Gasteiger charge is -2.25. The van der Waals surface area contributed by atoms with Crippen molar-refractivity contribution in [1.29, 1.82) is 0 Å². The zero-order valence-electron chi connectivity index (χ0n) is 14.4. The van der Waals surface area contributed by atoms with E-state index in [0.717, 1.165) is 32.2 Å². The van der Waals surface area contributed by atoms with Gasteiger partial charge in [0.25, 0.3) is 5.91 Å². The first-order valence-corrected chi connectivity index (χ1v) is 8.70. The van der Waals surface area contributed by atoms with E-state index in [9.17, 15) is 9.59 Å². The molecule has 0 saturated carbocycles. The molecule has 2 heterocycles. The molecule has 5 heteroatoms. The van der Waals surface area contributed by atoms with Gasteiger partial charge in [-0.25, -0.2) is 0 Å². The normalized spacial score (nSPS) is 17.0. The molecule has 1 aliphatic heterocycles. The molecule has 3 rings (SSSR count). The van der Waals surface area contributed by atoms with Crippen LogP contribution in [0.3, 0.4) is 0 Å². The van der Waals surface area contributed by atoms with Gasteiger partial charge in [-0.2, -0.15) is 0 Å². The van der Waals surface area contributed by atoms with Crippen molar-refractivity contribution < 1.29 is 19.1 Å². The maximum absolute atomic E-state index is 13.0. The van der Waals surface area contributed by atoms with Gasteiger partial charge in [0.1, 0.15) is 12.2 Å². The number of amides is 1. The number of carboxylic acid groups (broad SMARTS) is 1. The highest BCUT2D eigenvalue weighted by atomic mass is 16.4. The van der Waals surface area contributed by atoms with Crippen molar-refractivity contribution in [3.8, 4) is 0 Å². The standard InChI is InChI=1S/C20H23NO4/c1-14-13-25-17(12-18(22)23)19(14)20(24)21-11-5-8-16(21)10-9-15-6-3-2-4-7-15/h2-4,6-7,13,16H,5,8-12H2,1H3,(H,22,23). The Balaban J connectivity index is 1.73. The molecule has 0 bridgehead atoms. The second kappa shape index (κ2) is 7.55. The van der Waals surface area contributed by atoms with Crippen molar-refractivity contribution in [2.75, 3.05) is 6.54 Å². The van der Waals surface area contributed by atoms with Crippen LogP contribution < -0.4 is 0 Å². The highest BCUT2D eigenvalue weighted by molar-refractivity contribution is 5.97. The molecule has 1 unspecified atom stereocenters. The molecule has 1 amide bonds. The average Bonchev–Trinajstić information content (AvgIpc) is 3.20. The van der Waals surface area contributed by atoms with Crippen molar-refractivity contribution in [3.63, 3.8) is 0 Å². The van der Waals surface area contributed by atoms with Gasteiger partial charge in [-0.1, -0.05) is 30.3 Å². The van der Waals surface area contributed by atoms with Crippen molar-refractivity contribution in [2.24, 2.45) is 0 Å². The Morgan fingerprint density at radius 1 is 1.28 bits per heavy atom. The van der Waals surface area contributed by atoms with Gasteiger partial charge >= 0.3 is 5.97 Å². The Bertz CT molecular complexity index is 750. The van der Waals surface area contributed by atoms with Gasteiger partial charge < -0.3 is 14.4 Å². The van der Waals surface area contributed by atoms with Crippen molar-refractivity contribution in [3.05, 3.63) is 59.0 Å². The molecule has 0 radical (unpaired) electrons. The van der Waals surface area contributed by atoms with E-state index in [1.807, 2.05) is 23.1 Å². The smallest absolute Gasteiger partial charge is 0.311 e. The second-order valence-corrected chi connectivity index (χ2v) is 6.61. The number of aliphatic carboxylic acids is 1. The van der Waals surface area contributed by atoms with Crippen LogP contribution in [0.4, 0.5) is 0 Å². The molecule has 1 atom stereocenters. The second-order valence-electron chi connectivity index (χ2n) is 6.61. The number of hydrogen-bond donors (Lipinski definition) is 1. The van der Waals surface area contributed by atoms with E-state index in [4.69, 9.17) is 9.52 Å². The summed E-state index contributed by atoms with van der Waals surface area (Å²) in [7, 11) is 0. The SMILES string of the molecule is Cc1coc(CC(=O)O)c1C(=O)N1CCCC1CCc1ccccc1. The number of hydrogen-bond acceptors (Lipinski definition) is 3. The third-order valence-electron chi connectivity index (χ3n) is 4.82. The third kappa shape index (κ3) is 3.92. The fourth-order valence-corrected chi connectivity index (χ4v) is 3.58. The van der Waals surface area contributed by atoms with Gasteiger partial charge in [0, 0.05) is 18.2 Å². The van der Waals surface area contributed by atoms with Crippen LogP contribution in [0.25, 0.3) is 0 Å². The van der Waals surface area contributed by atoms with Crippen LogP contribution in [0, 0.1) is 6.92 Å². The molecular formula is C20H23NO4. The van der Waals surface area contributed by atoms with Gasteiger partial charge in [-0.3, -0.25) is 9.59 Å². The molecule has 2 aromatic rings. The number of nitrogens with zero attached hydrogens (tertiary/aromatic N) is 1. The molecule has 1 N–H and O–H groups in total. The minimum absolute atomic E-state index is 0.0990. The number of benzene rings is 1. The van der Waals surface area contributed by atoms with E-state index in [0.29, 0.717) is 11.1 Å². The van der Waals surface area contributed by atoms with Crippen LogP contribution >= 0.6 is 0 Å². The number of rotatable bonds is 6. The molecule has 25 heavy (non-hydrogen) atoms. The lowest BCUT2D eigenvalue weighted by atomic mass is 10.0. The lowest BCUT2D eigenvalue weighted by molar-refractivity contribution is -0.136. The minimum Gasteiger partial charge on any atom is -0.481 e. The summed E-state index contributed by atoms with van der Waals surface area (Å²) in [6, 6.07) is 10.5. The maximum atomic E-state index is 13.0. The van der Waals surface area contributed by atoms with E-state index < -0.39 is 5.97 Å². The molecule has 1 aliphatic rings. The monoisotopic (exact) mass is 341 g/mol. The highest BCUT2D eigenvalue weighted by Crippen LogP contribution is 2.27. The fraction of sp³-hybridized carbons (Fsp3) is 0.400. The number of likely N-dealkylation sites (tertiary alicyclic amines) is 1. The van der Waals surface area contributed by atoms with Crippen LogP contribution in [-0.2, 0) is 17.6 Å². The summed E-state index contributed by atoms with van der Waals surface area (Å²) in [5.74, 6) is -0.841. The molecule has 5 nitrogen and oxygen atoms in total. The highest BCUT2D eigenvalue weighted by Gasteiger charge is 2.32. The van der Waals surface area contributed by atoms with Gasteiger partial charge in [0.05, 0.1) is 11.8 Å². The largest absolute Gasteiger partial charge is 0.481 e. The van der Waals surface area contributed by atoms with Gasteiger partial charge in [0.2, 0.25) is 0 Å². The number of carbonyl (C=O) groups is 2. The minimum atomic E-state index is -0.995. The Hall–Kier alpha value is -2.56. The van der Waals surface area contributed by atoms with E-state index in [1.54, 1.807) is 6.92 Å². The molecule has 1 fully saturated rings. The first-order chi connectivity index (χ1) is 12.1. The summed E-state index contributed by atoms with van der Waals surface area (Å²) in [6.07, 6.45) is 5.03. The van der Waals surface area contributed by atoms with Gasteiger partial charge in [-0.05, 0) is 38.2 Å². The first kappa shape index (κ1) is 17.3. The summed E-state index contributed by atoms with van der Waals surface area (Å²) in [4.78, 5) is 25.9. The van der Waals surface area contributed by atoms with Crippen LogP contribution in [0.1, 0.15) is 46.5 Å². The van der Waals surface area contributed by atoms with Crippen LogP contribution in [-0.4, -0.2) is 34.5 Å². The number of carboxylic acids is 1. The predicted octanol–water partition coefficient (Wildman–Crippen LogP) is 3.45. The van der Waals surface area contributed by atoms with E-state index in [-0.39, 0.29) is 24.1 Å².